The van der Waals surface area contributed by atoms with Crippen molar-refractivity contribution in [3.05, 3.63) is 23.0 Å². The number of aromatic nitrogens is 1. The van der Waals surface area contributed by atoms with Gasteiger partial charge in [0.05, 0.1) is 11.1 Å². The highest BCUT2D eigenvalue weighted by atomic mass is 35.5. The predicted octanol–water partition coefficient (Wildman–Crippen LogP) is 2.00. The van der Waals surface area contributed by atoms with Crippen LogP contribution in [0.2, 0.25) is 5.02 Å². The van der Waals surface area contributed by atoms with E-state index < -0.39 is 6.10 Å². The van der Waals surface area contributed by atoms with Crippen LogP contribution in [0, 0.1) is 0 Å². The summed E-state index contributed by atoms with van der Waals surface area (Å²) >= 11 is 5.89. The standard InChI is InChI=1S/C12H19ClN2O2/c1-4-15-8-10(13)7-11(15)12(17)14(3)6-5-9(2)16/h7-9,16H,4-6H2,1-3H3. The maximum Gasteiger partial charge on any atom is 0.270 e. The zero-order valence-corrected chi connectivity index (χ0v) is 11.2. The third-order valence-corrected chi connectivity index (χ3v) is 2.86. The molecule has 96 valence electrons. The van der Waals surface area contributed by atoms with Crippen molar-refractivity contribution in [2.24, 2.45) is 0 Å². The van der Waals surface area contributed by atoms with Crippen molar-refractivity contribution in [3.8, 4) is 0 Å². The molecule has 1 aromatic heterocycles. The lowest BCUT2D eigenvalue weighted by molar-refractivity contribution is 0.0758. The van der Waals surface area contributed by atoms with Crippen molar-refractivity contribution >= 4 is 17.5 Å². The summed E-state index contributed by atoms with van der Waals surface area (Å²) in [5, 5.41) is 9.76. The van der Waals surface area contributed by atoms with Crippen LogP contribution in [-0.4, -0.2) is 40.2 Å². The molecule has 1 heterocycles. The lowest BCUT2D eigenvalue weighted by Gasteiger charge is -2.18. The Morgan fingerprint density at radius 1 is 1.65 bits per heavy atom. The number of carbonyl (C=O) groups is 1. The fourth-order valence-electron chi connectivity index (χ4n) is 1.59. The first-order valence-electron chi connectivity index (χ1n) is 5.75. The smallest absolute Gasteiger partial charge is 0.270 e. The summed E-state index contributed by atoms with van der Waals surface area (Å²) in [5.74, 6) is -0.0700. The molecule has 0 saturated heterocycles. The van der Waals surface area contributed by atoms with E-state index in [9.17, 15) is 9.90 Å². The van der Waals surface area contributed by atoms with Crippen LogP contribution in [0.5, 0.6) is 0 Å². The van der Waals surface area contributed by atoms with Gasteiger partial charge in [-0.3, -0.25) is 4.79 Å². The molecule has 17 heavy (non-hydrogen) atoms. The lowest BCUT2D eigenvalue weighted by Crippen LogP contribution is -2.30. The number of carbonyl (C=O) groups excluding carboxylic acids is 1. The third-order valence-electron chi connectivity index (χ3n) is 2.65. The molecule has 0 spiro atoms. The van der Waals surface area contributed by atoms with Gasteiger partial charge in [0.15, 0.2) is 0 Å². The van der Waals surface area contributed by atoms with Gasteiger partial charge in [-0.25, -0.2) is 0 Å². The summed E-state index contributed by atoms with van der Waals surface area (Å²) in [6.45, 7) is 4.91. The van der Waals surface area contributed by atoms with E-state index in [4.69, 9.17) is 11.6 Å². The molecule has 0 aliphatic heterocycles. The number of aliphatic hydroxyl groups excluding tert-OH is 1. The van der Waals surface area contributed by atoms with Gasteiger partial charge in [-0.2, -0.15) is 0 Å². The molecule has 4 nitrogen and oxygen atoms in total. The number of aryl methyl sites for hydroxylation is 1. The molecule has 1 aromatic rings. The second-order valence-electron chi connectivity index (χ2n) is 4.19. The highest BCUT2D eigenvalue weighted by Crippen LogP contribution is 2.15. The number of amides is 1. The van der Waals surface area contributed by atoms with Crippen molar-refractivity contribution in [2.75, 3.05) is 13.6 Å². The molecule has 0 fully saturated rings. The third kappa shape index (κ3) is 3.75. The number of rotatable bonds is 5. The molecule has 1 unspecified atom stereocenters. The van der Waals surface area contributed by atoms with Gasteiger partial charge in [-0.05, 0) is 26.3 Å². The molecule has 5 heteroatoms. The second-order valence-corrected chi connectivity index (χ2v) is 4.63. The first kappa shape index (κ1) is 14.1. The summed E-state index contributed by atoms with van der Waals surface area (Å²) in [5.41, 5.74) is 0.589. The monoisotopic (exact) mass is 258 g/mol. The zero-order valence-electron chi connectivity index (χ0n) is 10.5. The van der Waals surface area contributed by atoms with E-state index in [-0.39, 0.29) is 5.91 Å². The Kier molecular flexibility index (Phi) is 5.02. The van der Waals surface area contributed by atoms with Crippen LogP contribution in [0.15, 0.2) is 12.3 Å². The average molecular weight is 259 g/mol. The van der Waals surface area contributed by atoms with Crippen molar-refractivity contribution in [2.45, 2.75) is 32.9 Å². The van der Waals surface area contributed by atoms with Crippen LogP contribution in [0.25, 0.3) is 0 Å². The molecule has 1 rings (SSSR count). The second kappa shape index (κ2) is 6.07. The molecule has 0 radical (unpaired) electrons. The van der Waals surface area contributed by atoms with Crippen LogP contribution in [0.3, 0.4) is 0 Å². The van der Waals surface area contributed by atoms with Crippen molar-refractivity contribution in [1.82, 2.24) is 9.47 Å². The van der Waals surface area contributed by atoms with E-state index in [0.717, 1.165) is 0 Å². The van der Waals surface area contributed by atoms with E-state index >= 15 is 0 Å². The van der Waals surface area contributed by atoms with E-state index in [2.05, 4.69) is 0 Å². The fourth-order valence-corrected chi connectivity index (χ4v) is 1.81. The number of nitrogens with zero attached hydrogens (tertiary/aromatic N) is 2. The van der Waals surface area contributed by atoms with Gasteiger partial charge in [0.2, 0.25) is 0 Å². The first-order chi connectivity index (χ1) is 7.95. The van der Waals surface area contributed by atoms with Crippen LogP contribution in [0.1, 0.15) is 30.8 Å². The molecule has 1 amide bonds. The summed E-state index contributed by atoms with van der Waals surface area (Å²) in [7, 11) is 1.73. The van der Waals surface area contributed by atoms with Crippen LogP contribution >= 0.6 is 11.6 Å². The summed E-state index contributed by atoms with van der Waals surface area (Å²) < 4.78 is 1.82. The highest BCUT2D eigenvalue weighted by molar-refractivity contribution is 6.31. The summed E-state index contributed by atoms with van der Waals surface area (Å²) in [6.07, 6.45) is 1.92. The fraction of sp³-hybridized carbons (Fsp3) is 0.583. The van der Waals surface area contributed by atoms with Crippen LogP contribution in [-0.2, 0) is 6.54 Å². The Morgan fingerprint density at radius 2 is 2.29 bits per heavy atom. The molecule has 0 aliphatic carbocycles. The van der Waals surface area contributed by atoms with Gasteiger partial charge < -0.3 is 14.6 Å². The lowest BCUT2D eigenvalue weighted by atomic mass is 10.2. The predicted molar refractivity (Wildman–Crippen MR) is 68.4 cm³/mol. The van der Waals surface area contributed by atoms with Gasteiger partial charge in [-0.15, -0.1) is 0 Å². The molecule has 0 saturated carbocycles. The highest BCUT2D eigenvalue weighted by Gasteiger charge is 2.16. The average Bonchev–Trinajstić information content (AvgIpc) is 2.66. The maximum atomic E-state index is 12.1. The van der Waals surface area contributed by atoms with Gasteiger partial charge >= 0.3 is 0 Å². The quantitative estimate of drug-likeness (QED) is 0.878. The van der Waals surface area contributed by atoms with Gasteiger partial charge in [-0.1, -0.05) is 11.6 Å². The molecule has 0 aromatic carbocycles. The number of halogens is 1. The van der Waals surface area contributed by atoms with Crippen LogP contribution < -0.4 is 0 Å². The molecular formula is C12H19ClN2O2. The minimum atomic E-state index is -0.396. The Morgan fingerprint density at radius 3 is 2.82 bits per heavy atom. The van der Waals surface area contributed by atoms with Crippen molar-refractivity contribution in [1.29, 1.82) is 0 Å². The SMILES string of the molecule is CCn1cc(Cl)cc1C(=O)N(C)CCC(C)O. The maximum absolute atomic E-state index is 12.1. The molecule has 1 N–H and O–H groups in total. The topological polar surface area (TPSA) is 45.5 Å². The van der Waals surface area contributed by atoms with Crippen molar-refractivity contribution in [3.63, 3.8) is 0 Å². The zero-order chi connectivity index (χ0) is 13.0. The van der Waals surface area contributed by atoms with Crippen LogP contribution in [0.4, 0.5) is 0 Å². The Labute approximate surface area is 107 Å². The van der Waals surface area contributed by atoms with Gasteiger partial charge in [0, 0.05) is 26.3 Å². The van der Waals surface area contributed by atoms with E-state index in [1.165, 1.54) is 0 Å². The van der Waals surface area contributed by atoms with Crippen molar-refractivity contribution < 1.29 is 9.90 Å². The summed E-state index contributed by atoms with van der Waals surface area (Å²) in [4.78, 5) is 13.7. The Bertz CT molecular complexity index is 388. The molecule has 1 atom stereocenters. The number of hydrogen-bond acceptors (Lipinski definition) is 2. The minimum absolute atomic E-state index is 0.0700. The molecule has 0 aliphatic rings. The van der Waals surface area contributed by atoms with E-state index in [1.807, 2.05) is 11.5 Å². The van der Waals surface area contributed by atoms with Gasteiger partial charge in [0.25, 0.3) is 5.91 Å². The van der Waals surface area contributed by atoms with Gasteiger partial charge in [0.1, 0.15) is 5.69 Å². The molecule has 0 bridgehead atoms. The number of hydrogen-bond donors (Lipinski definition) is 1. The Hall–Kier alpha value is -1.00. The minimum Gasteiger partial charge on any atom is -0.393 e. The number of aliphatic hydroxyl groups is 1. The normalized spacial score (nSPS) is 12.5. The first-order valence-corrected chi connectivity index (χ1v) is 6.12. The van der Waals surface area contributed by atoms with E-state index in [1.54, 1.807) is 31.1 Å². The Balaban J connectivity index is 2.74. The van der Waals surface area contributed by atoms with E-state index in [0.29, 0.717) is 30.2 Å². The largest absolute Gasteiger partial charge is 0.393 e. The summed E-state index contributed by atoms with van der Waals surface area (Å²) in [6, 6.07) is 1.67. The molecular weight excluding hydrogens is 240 g/mol.